The summed E-state index contributed by atoms with van der Waals surface area (Å²) < 4.78 is 101. The van der Waals surface area contributed by atoms with Crippen LogP contribution in [0.3, 0.4) is 0 Å². The number of amides is 1. The van der Waals surface area contributed by atoms with Crippen LogP contribution >= 0.6 is 0 Å². The van der Waals surface area contributed by atoms with Crippen LogP contribution in [0, 0.1) is 24.0 Å². The van der Waals surface area contributed by atoms with E-state index in [4.69, 9.17) is 35.3 Å². The zero-order valence-electron chi connectivity index (χ0n) is 33.7. The number of hydrogen-bond donors (Lipinski definition) is 0. The van der Waals surface area contributed by atoms with Gasteiger partial charge in [0.25, 0.3) is 0 Å². The third kappa shape index (κ3) is 7.09. The van der Waals surface area contributed by atoms with Crippen molar-refractivity contribution in [3.63, 3.8) is 0 Å². The molecule has 318 valence electrons. The van der Waals surface area contributed by atoms with E-state index in [0.29, 0.717) is 66.8 Å². The molecule has 2 aromatic heterocycles. The number of alkyl halides is 3. The number of carbonyl (C=O) groups is 1. The van der Waals surface area contributed by atoms with Gasteiger partial charge in [-0.1, -0.05) is 12.0 Å². The highest BCUT2D eigenvalue weighted by atomic mass is 19.4. The fraction of sp³-hybridized carbons (Fsp3) is 0.535. The maximum Gasteiger partial charge on any atom is 0.522 e. The van der Waals surface area contributed by atoms with Crippen LogP contribution in [0.4, 0.5) is 32.6 Å². The molecule has 12 nitrogen and oxygen atoms in total. The van der Waals surface area contributed by atoms with Crippen molar-refractivity contribution in [1.29, 1.82) is 0 Å². The van der Waals surface area contributed by atoms with Gasteiger partial charge in [-0.25, -0.2) is 18.6 Å². The van der Waals surface area contributed by atoms with E-state index in [9.17, 15) is 18.0 Å². The Bertz CT molecular complexity index is 2420. The summed E-state index contributed by atoms with van der Waals surface area (Å²) in [4.78, 5) is 34.1. The van der Waals surface area contributed by atoms with Gasteiger partial charge in [0.15, 0.2) is 12.6 Å². The van der Waals surface area contributed by atoms with Crippen LogP contribution in [0.25, 0.3) is 32.9 Å². The van der Waals surface area contributed by atoms with Crippen molar-refractivity contribution >= 4 is 33.6 Å². The van der Waals surface area contributed by atoms with Gasteiger partial charge in [-0.15, -0.1) is 19.6 Å². The molecular formula is C43H45F5N6O6. The number of benzene rings is 2. The molecule has 5 atom stereocenters. The van der Waals surface area contributed by atoms with E-state index in [0.717, 1.165) is 12.8 Å². The molecule has 5 aliphatic rings. The van der Waals surface area contributed by atoms with Gasteiger partial charge in [-0.2, -0.15) is 9.97 Å². The van der Waals surface area contributed by atoms with Crippen LogP contribution in [-0.4, -0.2) is 113 Å². The predicted octanol–water partition coefficient (Wildman–Crippen LogP) is 7.51. The maximum absolute atomic E-state index is 17.7. The second-order valence-corrected chi connectivity index (χ2v) is 17.4. The van der Waals surface area contributed by atoms with Crippen molar-refractivity contribution in [2.75, 3.05) is 45.0 Å². The smallest absolute Gasteiger partial charge is 0.468 e. The number of fused-ring (bicyclic) bond motifs is 7. The molecule has 7 heterocycles. The second-order valence-electron chi connectivity index (χ2n) is 17.4. The van der Waals surface area contributed by atoms with Gasteiger partial charge in [0.05, 0.1) is 46.4 Å². The summed E-state index contributed by atoms with van der Waals surface area (Å²) in [6.07, 6.45) is 3.31. The molecule has 2 bridgehead atoms. The molecule has 17 heteroatoms. The van der Waals surface area contributed by atoms with Crippen LogP contribution in [0.15, 0.2) is 24.3 Å². The zero-order valence-corrected chi connectivity index (χ0v) is 33.7. The molecule has 4 fully saturated rings. The van der Waals surface area contributed by atoms with E-state index in [1.165, 1.54) is 25.3 Å². The van der Waals surface area contributed by atoms with Gasteiger partial charge in [0.2, 0.25) is 0 Å². The molecule has 0 spiro atoms. The number of nitrogens with zero attached hydrogens (tertiary/aromatic N) is 6. The van der Waals surface area contributed by atoms with Crippen molar-refractivity contribution in [2.24, 2.45) is 0 Å². The van der Waals surface area contributed by atoms with E-state index in [2.05, 4.69) is 20.5 Å². The van der Waals surface area contributed by atoms with Gasteiger partial charge < -0.3 is 23.8 Å². The number of methoxy groups -OCH3 is 1. The van der Waals surface area contributed by atoms with Crippen LogP contribution in [-0.2, 0) is 20.6 Å². The molecule has 60 heavy (non-hydrogen) atoms. The van der Waals surface area contributed by atoms with Crippen LogP contribution in [0.2, 0.25) is 0 Å². The predicted molar refractivity (Wildman–Crippen MR) is 210 cm³/mol. The van der Waals surface area contributed by atoms with E-state index < -0.39 is 41.3 Å². The van der Waals surface area contributed by atoms with Crippen molar-refractivity contribution in [1.82, 2.24) is 24.8 Å². The standard InChI is InChI=1S/C43H45F5N6O6/c1-6-27-29(44)10-8-23-16-25(58-22-56-5)17-28(33(23)27)36-35(45)37-34-30(49-36)11-13-31-32-12-9-24(54(32)40(55)60-41(2,3)4)19-53(31)38(34)51-39(50-37)57-21-42-14-7-15-52(42)20-26(18-42)59-43(46,47)48/h1,8,10,16-17,24,26,31-32H,7,9,11-15,18-22H2,2-5H3/t24-,26+,31-,32+,42+/m1/s1. The molecule has 0 radical (unpaired) electrons. The van der Waals surface area contributed by atoms with E-state index in [-0.39, 0.29) is 78.2 Å². The summed E-state index contributed by atoms with van der Waals surface area (Å²) in [5, 5.41) is 1.10. The first-order chi connectivity index (χ1) is 28.6. The minimum absolute atomic E-state index is 0.0580. The summed E-state index contributed by atoms with van der Waals surface area (Å²) in [5.74, 6) is 1.60. The Balaban J connectivity index is 1.19. The largest absolute Gasteiger partial charge is 0.522 e. The highest BCUT2D eigenvalue weighted by Crippen LogP contribution is 2.47. The molecule has 1 amide bonds. The van der Waals surface area contributed by atoms with Crippen LogP contribution in [0.5, 0.6) is 11.8 Å². The van der Waals surface area contributed by atoms with Crippen molar-refractivity contribution in [3.05, 3.63) is 47.2 Å². The lowest BCUT2D eigenvalue weighted by molar-refractivity contribution is -0.340. The maximum atomic E-state index is 17.7. The second kappa shape index (κ2) is 14.8. The monoisotopic (exact) mass is 836 g/mol. The topological polar surface area (TPSA) is 112 Å². The number of anilines is 1. The van der Waals surface area contributed by atoms with Gasteiger partial charge in [0.1, 0.15) is 40.8 Å². The number of aryl methyl sites for hydroxylation is 1. The average Bonchev–Trinajstić information content (AvgIpc) is 3.80. The molecule has 5 aliphatic heterocycles. The van der Waals surface area contributed by atoms with Gasteiger partial charge in [-0.3, -0.25) is 14.5 Å². The SMILES string of the molecule is C#Cc1c(F)ccc2cc(OCOC)cc(-c3nc4c5c(nc(OC[C@@]67CCCN6C[C@@H](OC(F)(F)F)C7)nc5c3F)N3C[C@H]5CC[C@@H]([C@H]3CC4)N5C(=O)OC(C)(C)C)c12. The molecule has 9 rings (SSSR count). The first-order valence-electron chi connectivity index (χ1n) is 20.2. The Morgan fingerprint density at radius 1 is 1.02 bits per heavy atom. The summed E-state index contributed by atoms with van der Waals surface area (Å²) in [5.41, 5.74) is -1.16. The van der Waals surface area contributed by atoms with Crippen molar-refractivity contribution < 1.29 is 50.4 Å². The number of hydrogen-bond acceptors (Lipinski definition) is 11. The average molecular weight is 837 g/mol. The molecule has 0 saturated carbocycles. The fourth-order valence-electron chi connectivity index (χ4n) is 10.2. The molecule has 0 unspecified atom stereocenters. The first kappa shape index (κ1) is 40.4. The lowest BCUT2D eigenvalue weighted by Crippen LogP contribution is -2.62. The number of ether oxygens (including phenoxy) is 5. The Kier molecular flexibility index (Phi) is 9.98. The van der Waals surface area contributed by atoms with Crippen LogP contribution < -0.4 is 14.4 Å². The molecule has 4 saturated heterocycles. The number of carbonyl (C=O) groups excluding carboxylic acids is 1. The molecular weight excluding hydrogens is 791 g/mol. The first-order valence-corrected chi connectivity index (χ1v) is 20.2. The van der Waals surface area contributed by atoms with Crippen molar-refractivity contribution in [3.8, 4) is 35.4 Å². The summed E-state index contributed by atoms with van der Waals surface area (Å²) in [6.45, 7) is 6.34. The number of terminal acetylenes is 1. The Morgan fingerprint density at radius 2 is 1.83 bits per heavy atom. The quantitative estimate of drug-likeness (QED) is 0.0999. The number of halogens is 5. The lowest BCUT2D eigenvalue weighted by atomic mass is 9.94. The highest BCUT2D eigenvalue weighted by Gasteiger charge is 2.53. The van der Waals surface area contributed by atoms with Gasteiger partial charge in [0, 0.05) is 31.1 Å². The third-order valence-electron chi connectivity index (χ3n) is 12.5. The number of aromatic nitrogens is 3. The number of piperazine rings is 1. The zero-order chi connectivity index (χ0) is 42.3. The van der Waals surface area contributed by atoms with E-state index >= 15 is 8.78 Å². The molecule has 4 aromatic rings. The minimum Gasteiger partial charge on any atom is -0.468 e. The molecule has 0 aliphatic carbocycles. The van der Waals surface area contributed by atoms with Gasteiger partial charge >= 0.3 is 18.5 Å². The van der Waals surface area contributed by atoms with E-state index in [1.54, 1.807) is 6.07 Å². The third-order valence-corrected chi connectivity index (χ3v) is 12.5. The Labute approximate surface area is 343 Å². The molecule has 2 aromatic carbocycles. The number of pyridine rings is 1. The van der Waals surface area contributed by atoms with Crippen molar-refractivity contribution in [2.45, 2.75) is 107 Å². The summed E-state index contributed by atoms with van der Waals surface area (Å²) in [6, 6.07) is 5.05. The van der Waals surface area contributed by atoms with E-state index in [1.807, 2.05) is 30.6 Å². The number of rotatable bonds is 8. The lowest BCUT2D eigenvalue weighted by Gasteiger charge is -2.47. The highest BCUT2D eigenvalue weighted by molar-refractivity contribution is 6.03. The summed E-state index contributed by atoms with van der Waals surface area (Å²) in [7, 11) is 1.46. The fourth-order valence-corrected chi connectivity index (χ4v) is 10.2. The molecule has 0 N–H and O–H groups in total. The Hall–Kier alpha value is -5.05. The summed E-state index contributed by atoms with van der Waals surface area (Å²) >= 11 is 0. The normalized spacial score (nSPS) is 25.0. The minimum atomic E-state index is -4.78. The van der Waals surface area contributed by atoms with Crippen LogP contribution in [0.1, 0.15) is 70.6 Å². The van der Waals surface area contributed by atoms with Gasteiger partial charge in [-0.05, 0) is 95.8 Å². The Morgan fingerprint density at radius 3 is 2.58 bits per heavy atom.